The average molecular weight is 433 g/mol. The Bertz CT molecular complexity index is 1060. The highest BCUT2D eigenvalue weighted by Gasteiger charge is 2.37. The van der Waals surface area contributed by atoms with Gasteiger partial charge in [-0.3, -0.25) is 24.2 Å². The Morgan fingerprint density at radius 3 is 2.50 bits per heavy atom. The van der Waals surface area contributed by atoms with Gasteiger partial charge in [-0.2, -0.15) is 5.10 Å². The molecule has 1 unspecified atom stereocenters. The molecule has 1 fully saturated rings. The second kappa shape index (κ2) is 9.72. The van der Waals surface area contributed by atoms with E-state index in [1.165, 1.54) is 29.9 Å². The molecule has 2 amide bonds. The normalized spacial score (nSPS) is 15.2. The molecule has 8 heteroatoms. The Morgan fingerprint density at radius 2 is 1.88 bits per heavy atom. The van der Waals surface area contributed by atoms with Crippen LogP contribution in [0.2, 0.25) is 0 Å². The van der Waals surface area contributed by atoms with E-state index in [0.29, 0.717) is 16.9 Å². The van der Waals surface area contributed by atoms with Crippen LogP contribution < -0.4 is 10.2 Å². The summed E-state index contributed by atoms with van der Waals surface area (Å²) in [6.07, 6.45) is 11.5. The van der Waals surface area contributed by atoms with Gasteiger partial charge in [-0.25, -0.2) is 4.98 Å². The van der Waals surface area contributed by atoms with E-state index < -0.39 is 11.9 Å². The molecule has 32 heavy (non-hydrogen) atoms. The number of nitrogens with one attached hydrogen (secondary N) is 1. The lowest BCUT2D eigenvalue weighted by atomic mass is 9.94. The summed E-state index contributed by atoms with van der Waals surface area (Å²) in [4.78, 5) is 37.2. The molecule has 0 aliphatic heterocycles. The number of anilines is 1. The van der Waals surface area contributed by atoms with Gasteiger partial charge in [0.15, 0.2) is 0 Å². The maximum atomic E-state index is 13.7. The standard InChI is InChI=1S/C24H28N6O2/c1-17-20(16-29(2)28-17)22(23(31)27-18-9-5-3-6-10-18)30(19-11-7-4-8-12-19)24(32)21-15-25-13-14-26-21/h4,7-8,11-16,18,22H,3,5-6,9-10H2,1-2H3,(H,27,31). The Balaban J connectivity index is 1.79. The van der Waals surface area contributed by atoms with Gasteiger partial charge in [0.2, 0.25) is 5.91 Å². The minimum Gasteiger partial charge on any atom is -0.351 e. The lowest BCUT2D eigenvalue weighted by molar-refractivity contribution is -0.123. The Hall–Kier alpha value is -3.55. The molecule has 0 spiro atoms. The van der Waals surface area contributed by atoms with Crippen molar-refractivity contribution in [1.29, 1.82) is 0 Å². The van der Waals surface area contributed by atoms with Gasteiger partial charge < -0.3 is 5.32 Å². The van der Waals surface area contributed by atoms with Gasteiger partial charge in [0, 0.05) is 42.9 Å². The zero-order valence-corrected chi connectivity index (χ0v) is 18.4. The summed E-state index contributed by atoms with van der Waals surface area (Å²) in [5.74, 6) is -0.606. The molecule has 1 aliphatic carbocycles. The Morgan fingerprint density at radius 1 is 1.12 bits per heavy atom. The Labute approximate surface area is 187 Å². The van der Waals surface area contributed by atoms with Crippen LogP contribution in [0.5, 0.6) is 0 Å². The maximum Gasteiger partial charge on any atom is 0.279 e. The van der Waals surface area contributed by atoms with Crippen LogP contribution in [-0.2, 0) is 11.8 Å². The lowest BCUT2D eigenvalue weighted by Gasteiger charge is -2.33. The van der Waals surface area contributed by atoms with Crippen molar-refractivity contribution >= 4 is 17.5 Å². The third-order valence-corrected chi connectivity index (χ3v) is 5.84. The number of hydrogen-bond acceptors (Lipinski definition) is 5. The molecule has 8 nitrogen and oxygen atoms in total. The van der Waals surface area contributed by atoms with E-state index in [9.17, 15) is 9.59 Å². The average Bonchev–Trinajstić information content (AvgIpc) is 3.15. The van der Waals surface area contributed by atoms with Crippen molar-refractivity contribution in [3.05, 3.63) is 72.1 Å². The van der Waals surface area contributed by atoms with Gasteiger partial charge in [0.25, 0.3) is 5.91 Å². The van der Waals surface area contributed by atoms with E-state index in [4.69, 9.17) is 0 Å². The van der Waals surface area contributed by atoms with Crippen molar-refractivity contribution in [3.8, 4) is 0 Å². The van der Waals surface area contributed by atoms with Crippen LogP contribution >= 0.6 is 0 Å². The molecule has 1 aliphatic rings. The summed E-state index contributed by atoms with van der Waals surface area (Å²) in [5, 5.41) is 7.64. The highest BCUT2D eigenvalue weighted by atomic mass is 16.2. The fourth-order valence-corrected chi connectivity index (χ4v) is 4.32. The molecule has 1 aromatic carbocycles. The van der Waals surface area contributed by atoms with Gasteiger partial charge >= 0.3 is 0 Å². The highest BCUT2D eigenvalue weighted by Crippen LogP contribution is 2.31. The molecule has 0 radical (unpaired) electrons. The molecule has 2 aromatic heterocycles. The first kappa shape index (κ1) is 21.7. The van der Waals surface area contributed by atoms with Gasteiger partial charge in [0.05, 0.1) is 11.9 Å². The summed E-state index contributed by atoms with van der Waals surface area (Å²) in [7, 11) is 1.81. The summed E-state index contributed by atoms with van der Waals surface area (Å²) < 4.78 is 1.67. The number of carbonyl (C=O) groups is 2. The van der Waals surface area contributed by atoms with Crippen LogP contribution in [0.1, 0.15) is 59.9 Å². The van der Waals surface area contributed by atoms with Crippen molar-refractivity contribution in [1.82, 2.24) is 25.1 Å². The molecule has 0 saturated heterocycles. The Kier molecular flexibility index (Phi) is 6.58. The van der Waals surface area contributed by atoms with Crippen molar-refractivity contribution in [2.75, 3.05) is 4.90 Å². The predicted octanol–water partition coefficient (Wildman–Crippen LogP) is 3.36. The number of carbonyl (C=O) groups excluding carboxylic acids is 2. The van der Waals surface area contributed by atoms with E-state index in [1.54, 1.807) is 10.9 Å². The second-order valence-corrected chi connectivity index (χ2v) is 8.19. The molecule has 3 aromatic rings. The number of aryl methyl sites for hydroxylation is 2. The van der Waals surface area contributed by atoms with Crippen LogP contribution in [0.3, 0.4) is 0 Å². The molecule has 1 N–H and O–H groups in total. The molecular weight excluding hydrogens is 404 g/mol. The largest absolute Gasteiger partial charge is 0.351 e. The third-order valence-electron chi connectivity index (χ3n) is 5.84. The fraction of sp³-hybridized carbons (Fsp3) is 0.375. The van der Waals surface area contributed by atoms with E-state index in [-0.39, 0.29) is 17.6 Å². The monoisotopic (exact) mass is 432 g/mol. The quantitative estimate of drug-likeness (QED) is 0.645. The van der Waals surface area contributed by atoms with Gasteiger partial charge in [-0.05, 0) is 31.9 Å². The van der Waals surface area contributed by atoms with Crippen LogP contribution in [0, 0.1) is 6.92 Å². The first-order chi connectivity index (χ1) is 15.5. The van der Waals surface area contributed by atoms with E-state index in [2.05, 4.69) is 20.4 Å². The van der Waals surface area contributed by atoms with Crippen LogP contribution in [0.4, 0.5) is 5.69 Å². The molecule has 1 saturated carbocycles. The van der Waals surface area contributed by atoms with Crippen LogP contribution in [0.15, 0.2) is 55.1 Å². The summed E-state index contributed by atoms with van der Waals surface area (Å²) in [6, 6.07) is 8.43. The van der Waals surface area contributed by atoms with E-state index >= 15 is 0 Å². The first-order valence-corrected chi connectivity index (χ1v) is 11.0. The predicted molar refractivity (Wildman–Crippen MR) is 121 cm³/mol. The minimum atomic E-state index is -0.887. The summed E-state index contributed by atoms with van der Waals surface area (Å²) in [6.45, 7) is 1.85. The minimum absolute atomic E-state index is 0.111. The number of nitrogens with zero attached hydrogens (tertiary/aromatic N) is 5. The van der Waals surface area contributed by atoms with Crippen molar-refractivity contribution in [2.24, 2.45) is 7.05 Å². The first-order valence-electron chi connectivity index (χ1n) is 11.0. The summed E-state index contributed by atoms with van der Waals surface area (Å²) >= 11 is 0. The smallest absolute Gasteiger partial charge is 0.279 e. The van der Waals surface area contributed by atoms with Gasteiger partial charge in [-0.1, -0.05) is 37.5 Å². The molecule has 166 valence electrons. The number of benzene rings is 1. The second-order valence-electron chi connectivity index (χ2n) is 8.19. The van der Waals surface area contributed by atoms with Crippen LogP contribution in [0.25, 0.3) is 0 Å². The zero-order valence-electron chi connectivity index (χ0n) is 18.4. The van der Waals surface area contributed by atoms with E-state index in [1.807, 2.05) is 44.3 Å². The van der Waals surface area contributed by atoms with Crippen molar-refractivity contribution in [3.63, 3.8) is 0 Å². The molecule has 4 rings (SSSR count). The zero-order chi connectivity index (χ0) is 22.5. The summed E-state index contributed by atoms with van der Waals surface area (Å²) in [5.41, 5.74) is 2.16. The topological polar surface area (TPSA) is 93.0 Å². The molecule has 0 bridgehead atoms. The third kappa shape index (κ3) is 4.69. The van der Waals surface area contributed by atoms with Crippen molar-refractivity contribution < 1.29 is 9.59 Å². The lowest BCUT2D eigenvalue weighted by Crippen LogP contribution is -2.47. The number of para-hydroxylation sites is 1. The van der Waals surface area contributed by atoms with Crippen molar-refractivity contribution in [2.45, 2.75) is 51.1 Å². The van der Waals surface area contributed by atoms with Gasteiger partial charge in [0.1, 0.15) is 11.7 Å². The number of hydrogen-bond donors (Lipinski definition) is 1. The number of aromatic nitrogens is 4. The van der Waals surface area contributed by atoms with Crippen LogP contribution in [-0.4, -0.2) is 37.6 Å². The molecule has 1 atom stereocenters. The molecule has 2 heterocycles. The van der Waals surface area contributed by atoms with Gasteiger partial charge in [-0.15, -0.1) is 0 Å². The van der Waals surface area contributed by atoms with E-state index in [0.717, 1.165) is 25.7 Å². The highest BCUT2D eigenvalue weighted by molar-refractivity contribution is 6.09. The molecular formula is C24H28N6O2. The maximum absolute atomic E-state index is 13.7. The SMILES string of the molecule is Cc1nn(C)cc1C(C(=O)NC1CCCCC1)N(C(=O)c1cnccn1)c1ccccc1. The fourth-order valence-electron chi connectivity index (χ4n) is 4.32. The number of amides is 2. The number of rotatable bonds is 6.